The van der Waals surface area contributed by atoms with E-state index in [1.165, 1.54) is 6.07 Å². The van der Waals surface area contributed by atoms with Crippen molar-refractivity contribution in [1.82, 2.24) is 4.98 Å². The van der Waals surface area contributed by atoms with Crippen LogP contribution in [0, 0.1) is 5.82 Å². The number of rotatable bonds is 2. The van der Waals surface area contributed by atoms with Gasteiger partial charge in [-0.25, -0.2) is 4.39 Å². The molecule has 0 spiro atoms. The Bertz CT molecular complexity index is 497. The van der Waals surface area contributed by atoms with Crippen molar-refractivity contribution < 1.29 is 9.13 Å². The van der Waals surface area contributed by atoms with Crippen LogP contribution in [-0.2, 0) is 0 Å². The van der Waals surface area contributed by atoms with Gasteiger partial charge in [-0.15, -0.1) is 0 Å². The summed E-state index contributed by atoms with van der Waals surface area (Å²) in [4.78, 5) is 3.99. The van der Waals surface area contributed by atoms with Crippen LogP contribution in [0.5, 0.6) is 5.75 Å². The molecule has 4 heteroatoms. The van der Waals surface area contributed by atoms with Gasteiger partial charge in [0.1, 0.15) is 5.82 Å². The predicted octanol–water partition coefficient (Wildman–Crippen LogP) is 2.48. The minimum atomic E-state index is -0.369. The van der Waals surface area contributed by atoms with E-state index in [9.17, 15) is 4.39 Å². The summed E-state index contributed by atoms with van der Waals surface area (Å²) in [5.41, 5.74) is 7.69. The highest BCUT2D eigenvalue weighted by Crippen LogP contribution is 2.33. The van der Waals surface area contributed by atoms with Crippen molar-refractivity contribution in [3.8, 4) is 17.0 Å². The lowest BCUT2D eigenvalue weighted by molar-refractivity contribution is 0.418. The van der Waals surface area contributed by atoms with E-state index in [2.05, 4.69) is 4.98 Å². The van der Waals surface area contributed by atoms with Crippen molar-refractivity contribution in [1.29, 1.82) is 0 Å². The van der Waals surface area contributed by atoms with Crippen molar-refractivity contribution in [2.24, 2.45) is 0 Å². The summed E-state index contributed by atoms with van der Waals surface area (Å²) in [5, 5.41) is 0. The molecule has 0 aliphatic heterocycles. The van der Waals surface area contributed by atoms with Crippen LogP contribution in [-0.4, -0.2) is 12.1 Å². The number of halogens is 1. The van der Waals surface area contributed by atoms with E-state index >= 15 is 0 Å². The highest BCUT2D eigenvalue weighted by molar-refractivity contribution is 5.74. The first-order valence-electron chi connectivity index (χ1n) is 4.77. The molecule has 0 unspecified atom stereocenters. The largest absolute Gasteiger partial charge is 0.494 e. The van der Waals surface area contributed by atoms with Crippen molar-refractivity contribution in [2.75, 3.05) is 12.8 Å². The molecule has 82 valence electrons. The van der Waals surface area contributed by atoms with Gasteiger partial charge in [-0.3, -0.25) is 4.98 Å². The lowest BCUT2D eigenvalue weighted by Gasteiger charge is -2.09. The van der Waals surface area contributed by atoms with Crippen LogP contribution in [0.2, 0.25) is 0 Å². The van der Waals surface area contributed by atoms with E-state index in [-0.39, 0.29) is 5.82 Å². The van der Waals surface area contributed by atoms with E-state index in [0.717, 1.165) is 11.8 Å². The first-order valence-corrected chi connectivity index (χ1v) is 4.77. The Labute approximate surface area is 92.7 Å². The van der Waals surface area contributed by atoms with Crippen LogP contribution in [0.1, 0.15) is 0 Å². The number of para-hydroxylation sites is 1. The third-order valence-corrected chi connectivity index (χ3v) is 2.25. The lowest BCUT2D eigenvalue weighted by atomic mass is 10.1. The third-order valence-electron chi connectivity index (χ3n) is 2.25. The molecule has 0 saturated carbocycles. The minimum Gasteiger partial charge on any atom is -0.494 e. The molecule has 0 amide bonds. The second-order valence-electron chi connectivity index (χ2n) is 3.29. The molecular formula is C12H11FN2O. The van der Waals surface area contributed by atoms with Crippen LogP contribution in [0.3, 0.4) is 0 Å². The molecule has 2 aromatic rings. The molecule has 0 atom stereocenters. The Morgan fingerprint density at radius 2 is 2.06 bits per heavy atom. The summed E-state index contributed by atoms with van der Waals surface area (Å²) < 4.78 is 17.9. The highest BCUT2D eigenvalue weighted by atomic mass is 19.1. The van der Waals surface area contributed by atoms with Gasteiger partial charge in [0.05, 0.1) is 24.7 Å². The van der Waals surface area contributed by atoms with Gasteiger partial charge in [0.15, 0.2) is 5.75 Å². The highest BCUT2D eigenvalue weighted by Gasteiger charge is 2.09. The maximum atomic E-state index is 12.7. The van der Waals surface area contributed by atoms with Gasteiger partial charge in [-0.2, -0.15) is 0 Å². The molecule has 1 heterocycles. The number of methoxy groups -OCH3 is 1. The van der Waals surface area contributed by atoms with Crippen molar-refractivity contribution in [3.05, 3.63) is 42.3 Å². The van der Waals surface area contributed by atoms with Gasteiger partial charge in [0.25, 0.3) is 0 Å². The maximum absolute atomic E-state index is 12.7. The summed E-state index contributed by atoms with van der Waals surface area (Å²) in [6.07, 6.45) is 1.16. The smallest absolute Gasteiger partial charge is 0.151 e. The summed E-state index contributed by atoms with van der Waals surface area (Å²) in [6.45, 7) is 0. The van der Waals surface area contributed by atoms with E-state index < -0.39 is 0 Å². The fraction of sp³-hybridized carbons (Fsp3) is 0.0833. The summed E-state index contributed by atoms with van der Waals surface area (Å²) >= 11 is 0. The fourth-order valence-corrected chi connectivity index (χ4v) is 1.52. The molecule has 0 radical (unpaired) electrons. The Balaban J connectivity index is 2.55. The van der Waals surface area contributed by atoms with E-state index in [1.807, 2.05) is 6.07 Å². The van der Waals surface area contributed by atoms with Gasteiger partial charge in [-0.1, -0.05) is 6.07 Å². The Kier molecular flexibility index (Phi) is 2.72. The van der Waals surface area contributed by atoms with E-state index in [0.29, 0.717) is 17.1 Å². The standard InChI is InChI=1S/C12H11FN2O/c1-16-12-9(3-2-4-10(12)14)11-6-5-8(13)7-15-11/h2-7H,14H2,1H3. The molecule has 0 aliphatic rings. The van der Waals surface area contributed by atoms with Gasteiger partial charge in [0, 0.05) is 5.56 Å². The molecule has 2 rings (SSSR count). The number of hydrogen-bond donors (Lipinski definition) is 1. The first kappa shape index (κ1) is 10.4. The minimum absolute atomic E-state index is 0.369. The summed E-state index contributed by atoms with van der Waals surface area (Å²) in [5.74, 6) is 0.188. The molecular weight excluding hydrogens is 207 g/mol. The zero-order valence-corrected chi connectivity index (χ0v) is 8.77. The van der Waals surface area contributed by atoms with Crippen LogP contribution in [0.25, 0.3) is 11.3 Å². The number of pyridine rings is 1. The number of nitrogens with zero attached hydrogens (tertiary/aromatic N) is 1. The van der Waals surface area contributed by atoms with Gasteiger partial charge >= 0.3 is 0 Å². The number of nitrogen functional groups attached to an aromatic ring is 1. The molecule has 0 saturated heterocycles. The number of ether oxygens (including phenoxy) is 1. The van der Waals surface area contributed by atoms with Gasteiger partial charge in [-0.05, 0) is 24.3 Å². The fourth-order valence-electron chi connectivity index (χ4n) is 1.52. The second-order valence-corrected chi connectivity index (χ2v) is 3.29. The number of aromatic nitrogens is 1. The topological polar surface area (TPSA) is 48.1 Å². The summed E-state index contributed by atoms with van der Waals surface area (Å²) in [7, 11) is 1.54. The Morgan fingerprint density at radius 1 is 1.25 bits per heavy atom. The summed E-state index contributed by atoms with van der Waals surface area (Å²) in [6, 6.07) is 8.32. The Morgan fingerprint density at radius 3 is 2.69 bits per heavy atom. The van der Waals surface area contributed by atoms with Crippen molar-refractivity contribution in [2.45, 2.75) is 0 Å². The second kappa shape index (κ2) is 4.18. The molecule has 2 N–H and O–H groups in total. The number of hydrogen-bond acceptors (Lipinski definition) is 3. The first-order chi connectivity index (χ1) is 7.72. The molecule has 1 aromatic heterocycles. The number of nitrogens with two attached hydrogens (primary N) is 1. The zero-order chi connectivity index (χ0) is 11.5. The molecule has 0 fully saturated rings. The molecule has 0 bridgehead atoms. The Hall–Kier alpha value is -2.10. The van der Waals surface area contributed by atoms with Gasteiger partial charge in [0.2, 0.25) is 0 Å². The SMILES string of the molecule is COc1c(N)cccc1-c1ccc(F)cn1. The number of benzene rings is 1. The van der Waals surface area contributed by atoms with Crippen LogP contribution < -0.4 is 10.5 Å². The quantitative estimate of drug-likeness (QED) is 0.788. The molecule has 0 aliphatic carbocycles. The maximum Gasteiger partial charge on any atom is 0.151 e. The van der Waals surface area contributed by atoms with E-state index in [1.54, 1.807) is 25.3 Å². The molecule has 16 heavy (non-hydrogen) atoms. The molecule has 3 nitrogen and oxygen atoms in total. The zero-order valence-electron chi connectivity index (χ0n) is 8.77. The van der Waals surface area contributed by atoms with E-state index in [4.69, 9.17) is 10.5 Å². The average molecular weight is 218 g/mol. The van der Waals surface area contributed by atoms with Crippen LogP contribution in [0.15, 0.2) is 36.5 Å². The third kappa shape index (κ3) is 1.82. The lowest BCUT2D eigenvalue weighted by Crippen LogP contribution is -1.95. The predicted molar refractivity (Wildman–Crippen MR) is 60.6 cm³/mol. The van der Waals surface area contributed by atoms with Crippen molar-refractivity contribution >= 4 is 5.69 Å². The average Bonchev–Trinajstić information content (AvgIpc) is 2.30. The van der Waals surface area contributed by atoms with Crippen LogP contribution >= 0.6 is 0 Å². The van der Waals surface area contributed by atoms with Crippen molar-refractivity contribution in [3.63, 3.8) is 0 Å². The van der Waals surface area contributed by atoms with Crippen LogP contribution in [0.4, 0.5) is 10.1 Å². The van der Waals surface area contributed by atoms with Gasteiger partial charge < -0.3 is 10.5 Å². The normalized spacial score (nSPS) is 10.1. The monoisotopic (exact) mass is 218 g/mol. The number of anilines is 1. The molecule has 1 aromatic carbocycles.